The fourth-order valence-corrected chi connectivity index (χ4v) is 2.47. The third-order valence-corrected chi connectivity index (χ3v) is 3.49. The Kier molecular flexibility index (Phi) is 6.44. The van der Waals surface area contributed by atoms with Gasteiger partial charge in [-0.3, -0.25) is 0 Å². The maximum absolute atomic E-state index is 9.05. The summed E-state index contributed by atoms with van der Waals surface area (Å²) in [5.74, 6) is 2.54. The molecule has 1 heterocycles. The second kappa shape index (κ2) is 7.59. The lowest BCUT2D eigenvalue weighted by molar-refractivity contribution is 0.245. The van der Waals surface area contributed by atoms with Crippen molar-refractivity contribution in [1.82, 2.24) is 5.32 Å². The molecule has 2 N–H and O–H groups in total. The molecule has 3 nitrogen and oxygen atoms in total. The van der Waals surface area contributed by atoms with Crippen LogP contribution in [0.25, 0.3) is 0 Å². The van der Waals surface area contributed by atoms with Crippen LogP contribution in [-0.4, -0.2) is 18.3 Å². The Morgan fingerprint density at radius 3 is 2.56 bits per heavy atom. The summed E-state index contributed by atoms with van der Waals surface area (Å²) < 4.78 is 5.56. The van der Waals surface area contributed by atoms with Crippen LogP contribution in [0.4, 0.5) is 0 Å². The highest BCUT2D eigenvalue weighted by atomic mass is 16.3. The Hall–Kier alpha value is -0.800. The monoisotopic (exact) mass is 253 g/mol. The Morgan fingerprint density at radius 1 is 1.33 bits per heavy atom. The van der Waals surface area contributed by atoms with Crippen LogP contribution in [0, 0.1) is 19.8 Å². The molecule has 18 heavy (non-hydrogen) atoms. The Bertz CT molecular complexity index is 340. The molecule has 0 fully saturated rings. The van der Waals surface area contributed by atoms with E-state index in [0.717, 1.165) is 24.5 Å². The highest BCUT2D eigenvalue weighted by molar-refractivity contribution is 5.23. The van der Waals surface area contributed by atoms with Gasteiger partial charge >= 0.3 is 0 Å². The van der Waals surface area contributed by atoms with Crippen molar-refractivity contribution in [1.29, 1.82) is 0 Å². The van der Waals surface area contributed by atoms with Crippen molar-refractivity contribution in [2.45, 2.75) is 53.0 Å². The molecular formula is C15H27NO2. The quantitative estimate of drug-likeness (QED) is 0.747. The number of aliphatic hydroxyl groups excluding tert-OH is 1. The highest BCUT2D eigenvalue weighted by Gasteiger charge is 2.14. The maximum Gasteiger partial charge on any atom is 0.105 e. The van der Waals surface area contributed by atoms with Gasteiger partial charge in [-0.05, 0) is 52.1 Å². The van der Waals surface area contributed by atoms with Crippen LogP contribution in [0.15, 0.2) is 10.5 Å². The summed E-state index contributed by atoms with van der Waals surface area (Å²) in [6, 6.07) is 2.41. The molecule has 0 bridgehead atoms. The van der Waals surface area contributed by atoms with Crippen molar-refractivity contribution in [2.24, 2.45) is 5.92 Å². The van der Waals surface area contributed by atoms with Gasteiger partial charge in [-0.2, -0.15) is 0 Å². The van der Waals surface area contributed by atoms with Gasteiger partial charge in [-0.25, -0.2) is 0 Å². The fraction of sp³-hybridized carbons (Fsp3) is 0.733. The van der Waals surface area contributed by atoms with Gasteiger partial charge in [-0.1, -0.05) is 13.3 Å². The van der Waals surface area contributed by atoms with Crippen LogP contribution in [0.2, 0.25) is 0 Å². The molecule has 0 spiro atoms. The van der Waals surface area contributed by atoms with E-state index in [9.17, 15) is 0 Å². The Labute approximate surface area is 111 Å². The first-order valence-electron chi connectivity index (χ1n) is 6.99. The van der Waals surface area contributed by atoms with Gasteiger partial charge in [0.2, 0.25) is 0 Å². The van der Waals surface area contributed by atoms with E-state index in [1.54, 1.807) is 0 Å². The zero-order chi connectivity index (χ0) is 13.5. The second-order valence-electron chi connectivity index (χ2n) is 5.17. The van der Waals surface area contributed by atoms with Gasteiger partial charge in [0.25, 0.3) is 0 Å². The number of hydrogen-bond acceptors (Lipinski definition) is 3. The van der Waals surface area contributed by atoms with E-state index in [2.05, 4.69) is 25.2 Å². The molecule has 0 aliphatic carbocycles. The van der Waals surface area contributed by atoms with Gasteiger partial charge in [0.15, 0.2) is 0 Å². The van der Waals surface area contributed by atoms with E-state index < -0.39 is 0 Å². The molecule has 104 valence electrons. The van der Waals surface area contributed by atoms with Crippen LogP contribution >= 0.6 is 0 Å². The first kappa shape index (κ1) is 15.3. The number of hydrogen-bond donors (Lipinski definition) is 2. The number of nitrogens with one attached hydrogen (secondary N) is 1. The summed E-state index contributed by atoms with van der Waals surface area (Å²) in [6.07, 6.45) is 3.23. The van der Waals surface area contributed by atoms with Gasteiger partial charge in [0.05, 0.1) is 0 Å². The predicted octanol–water partition coefficient (Wildman–Crippen LogP) is 3.35. The summed E-state index contributed by atoms with van der Waals surface area (Å²) in [7, 11) is 0. The number of furan rings is 1. The van der Waals surface area contributed by atoms with E-state index in [4.69, 9.17) is 9.52 Å². The van der Waals surface area contributed by atoms with Gasteiger partial charge in [-0.15, -0.1) is 0 Å². The minimum Gasteiger partial charge on any atom is -0.466 e. The fourth-order valence-electron chi connectivity index (χ4n) is 2.47. The van der Waals surface area contributed by atoms with E-state index in [1.807, 2.05) is 13.8 Å². The number of aliphatic hydroxyl groups is 1. The SMILES string of the molecule is CCCC(CCO)CNC(C)c1cc(C)oc1C. The molecule has 0 aliphatic heterocycles. The minimum atomic E-state index is 0.282. The number of aryl methyl sites for hydroxylation is 2. The average molecular weight is 253 g/mol. The lowest BCUT2D eigenvalue weighted by atomic mass is 9.99. The normalized spacial score (nSPS) is 14.7. The Morgan fingerprint density at radius 2 is 2.06 bits per heavy atom. The molecule has 2 atom stereocenters. The van der Waals surface area contributed by atoms with Crippen molar-refractivity contribution >= 4 is 0 Å². The number of rotatable bonds is 8. The van der Waals surface area contributed by atoms with Crippen LogP contribution in [-0.2, 0) is 0 Å². The third kappa shape index (κ3) is 4.46. The molecule has 0 saturated heterocycles. The average Bonchev–Trinajstić information content (AvgIpc) is 2.65. The summed E-state index contributed by atoms with van der Waals surface area (Å²) in [5, 5.41) is 12.6. The smallest absolute Gasteiger partial charge is 0.105 e. The van der Waals surface area contributed by atoms with Gasteiger partial charge in [0, 0.05) is 18.2 Å². The van der Waals surface area contributed by atoms with E-state index in [0.29, 0.717) is 12.0 Å². The summed E-state index contributed by atoms with van der Waals surface area (Å²) in [5.41, 5.74) is 1.24. The van der Waals surface area contributed by atoms with Crippen molar-refractivity contribution in [2.75, 3.05) is 13.2 Å². The maximum atomic E-state index is 9.05. The highest BCUT2D eigenvalue weighted by Crippen LogP contribution is 2.21. The molecule has 0 saturated carbocycles. The zero-order valence-electron chi connectivity index (χ0n) is 12.1. The Balaban J connectivity index is 2.48. The molecule has 1 rings (SSSR count). The summed E-state index contributed by atoms with van der Waals surface area (Å²) in [4.78, 5) is 0. The molecular weight excluding hydrogens is 226 g/mol. The second-order valence-corrected chi connectivity index (χ2v) is 5.17. The van der Waals surface area contributed by atoms with Crippen molar-refractivity contribution in [3.63, 3.8) is 0 Å². The van der Waals surface area contributed by atoms with Crippen molar-refractivity contribution < 1.29 is 9.52 Å². The van der Waals surface area contributed by atoms with Crippen LogP contribution in [0.1, 0.15) is 56.2 Å². The molecule has 3 heteroatoms. The first-order chi connectivity index (χ1) is 8.58. The lowest BCUT2D eigenvalue weighted by Gasteiger charge is -2.19. The predicted molar refractivity (Wildman–Crippen MR) is 74.7 cm³/mol. The largest absolute Gasteiger partial charge is 0.466 e. The van der Waals surface area contributed by atoms with E-state index in [-0.39, 0.29) is 6.61 Å². The molecule has 1 aromatic rings. The summed E-state index contributed by atoms with van der Waals surface area (Å²) in [6.45, 7) is 9.59. The molecule has 0 aliphatic rings. The zero-order valence-corrected chi connectivity index (χ0v) is 12.1. The minimum absolute atomic E-state index is 0.282. The molecule has 0 radical (unpaired) electrons. The molecule has 1 aromatic heterocycles. The van der Waals surface area contributed by atoms with Gasteiger partial charge < -0.3 is 14.8 Å². The van der Waals surface area contributed by atoms with Crippen LogP contribution < -0.4 is 5.32 Å². The lowest BCUT2D eigenvalue weighted by Crippen LogP contribution is -2.26. The first-order valence-corrected chi connectivity index (χ1v) is 6.99. The van der Waals surface area contributed by atoms with Gasteiger partial charge in [0.1, 0.15) is 11.5 Å². The summed E-state index contributed by atoms with van der Waals surface area (Å²) >= 11 is 0. The molecule has 0 aromatic carbocycles. The standard InChI is InChI=1S/C15H27NO2/c1-5-6-14(7-8-17)10-16-12(3)15-9-11(2)18-13(15)4/h9,12,14,16-17H,5-8,10H2,1-4H3. The van der Waals surface area contributed by atoms with Crippen molar-refractivity contribution in [3.05, 3.63) is 23.2 Å². The molecule has 0 amide bonds. The van der Waals surface area contributed by atoms with E-state index >= 15 is 0 Å². The topological polar surface area (TPSA) is 45.4 Å². The van der Waals surface area contributed by atoms with Crippen LogP contribution in [0.3, 0.4) is 0 Å². The van der Waals surface area contributed by atoms with Crippen LogP contribution in [0.5, 0.6) is 0 Å². The van der Waals surface area contributed by atoms with E-state index in [1.165, 1.54) is 18.4 Å². The molecule has 2 unspecified atom stereocenters. The third-order valence-electron chi connectivity index (χ3n) is 3.49. The van der Waals surface area contributed by atoms with Crippen molar-refractivity contribution in [3.8, 4) is 0 Å².